The summed E-state index contributed by atoms with van der Waals surface area (Å²) in [5, 5.41) is 10.4. The van der Waals surface area contributed by atoms with Crippen LogP contribution in [0.15, 0.2) is 47.6 Å². The van der Waals surface area contributed by atoms with Crippen LogP contribution in [0.5, 0.6) is 0 Å². The highest BCUT2D eigenvalue weighted by atomic mass is 35.5. The van der Waals surface area contributed by atoms with E-state index in [1.807, 2.05) is 51.1 Å². The van der Waals surface area contributed by atoms with Crippen LogP contribution in [0.2, 0.25) is 5.02 Å². The number of amides is 3. The third-order valence-corrected chi connectivity index (χ3v) is 9.33. The summed E-state index contributed by atoms with van der Waals surface area (Å²) in [5.74, 6) is -2.16. The molecule has 0 radical (unpaired) electrons. The van der Waals surface area contributed by atoms with Crippen molar-refractivity contribution in [3.63, 3.8) is 0 Å². The number of hydrogen-bond donors (Lipinski definition) is 2. The quantitative estimate of drug-likeness (QED) is 0.286. The Morgan fingerprint density at radius 2 is 1.87 bits per heavy atom. The molecule has 2 heterocycles. The zero-order valence-corrected chi connectivity index (χ0v) is 28.0. The summed E-state index contributed by atoms with van der Waals surface area (Å²) in [6.07, 6.45) is 3.99. The molecular weight excluding hydrogens is 620 g/mol. The highest BCUT2D eigenvalue weighted by Gasteiger charge is 2.54. The second kappa shape index (κ2) is 14.8. The maximum absolute atomic E-state index is 13.8. The van der Waals surface area contributed by atoms with E-state index in [-0.39, 0.29) is 50.0 Å². The molecule has 3 atom stereocenters. The summed E-state index contributed by atoms with van der Waals surface area (Å²) in [5.41, 5.74) is 3.68. The van der Waals surface area contributed by atoms with Crippen molar-refractivity contribution < 1.29 is 28.8 Å². The third kappa shape index (κ3) is 8.66. The van der Waals surface area contributed by atoms with E-state index in [0.29, 0.717) is 36.4 Å². The minimum absolute atomic E-state index is 0.00762. The molecule has 11 heteroatoms. The smallest absolute Gasteiger partial charge is 0.289 e. The Hall–Kier alpha value is -4.05. The molecule has 2 aromatic carbocycles. The van der Waals surface area contributed by atoms with Gasteiger partial charge in [-0.05, 0) is 62.8 Å². The summed E-state index contributed by atoms with van der Waals surface area (Å²) in [6, 6.07) is 11.3. The van der Waals surface area contributed by atoms with Gasteiger partial charge in [-0.1, -0.05) is 66.0 Å². The number of carbonyl (C=O) groups is 5. The van der Waals surface area contributed by atoms with Crippen LogP contribution < -0.4 is 10.6 Å². The number of benzene rings is 2. The fourth-order valence-electron chi connectivity index (χ4n) is 6.38. The molecule has 2 aromatic rings. The van der Waals surface area contributed by atoms with Gasteiger partial charge in [0.05, 0.1) is 18.3 Å². The lowest BCUT2D eigenvalue weighted by Gasteiger charge is -2.26. The van der Waals surface area contributed by atoms with Gasteiger partial charge < -0.3 is 20.4 Å². The Bertz CT molecular complexity index is 1590. The van der Waals surface area contributed by atoms with E-state index in [4.69, 9.17) is 16.4 Å². The summed E-state index contributed by atoms with van der Waals surface area (Å²) < 4.78 is 0. The molecule has 3 amide bonds. The van der Waals surface area contributed by atoms with Crippen LogP contribution >= 0.6 is 11.6 Å². The van der Waals surface area contributed by atoms with Gasteiger partial charge >= 0.3 is 0 Å². The molecule has 0 unspecified atom stereocenters. The highest BCUT2D eigenvalue weighted by Crippen LogP contribution is 2.39. The summed E-state index contributed by atoms with van der Waals surface area (Å²) in [4.78, 5) is 73.4. The number of halogens is 1. The van der Waals surface area contributed by atoms with Gasteiger partial charge in [0, 0.05) is 48.7 Å². The molecule has 1 saturated heterocycles. The van der Waals surface area contributed by atoms with Crippen molar-refractivity contribution in [2.24, 2.45) is 5.16 Å². The average Bonchev–Trinajstić information content (AvgIpc) is 3.62. The predicted molar refractivity (Wildman–Crippen MR) is 178 cm³/mol. The van der Waals surface area contributed by atoms with Crippen molar-refractivity contribution in [2.45, 2.75) is 109 Å². The van der Waals surface area contributed by atoms with Crippen LogP contribution in [0.3, 0.4) is 0 Å². The number of aryl methyl sites for hydroxylation is 2. The molecule has 250 valence electrons. The highest BCUT2D eigenvalue weighted by molar-refractivity contribution is 6.38. The van der Waals surface area contributed by atoms with E-state index in [9.17, 15) is 24.0 Å². The molecule has 1 aliphatic carbocycles. The van der Waals surface area contributed by atoms with Gasteiger partial charge in [0.1, 0.15) is 11.8 Å². The van der Waals surface area contributed by atoms with Crippen LogP contribution in [0.1, 0.15) is 87.0 Å². The van der Waals surface area contributed by atoms with Crippen molar-refractivity contribution in [2.75, 3.05) is 6.54 Å². The largest absolute Gasteiger partial charge is 0.387 e. The van der Waals surface area contributed by atoms with Crippen LogP contribution in [-0.4, -0.2) is 70.2 Å². The van der Waals surface area contributed by atoms with Crippen LogP contribution in [0, 0.1) is 13.8 Å². The normalized spacial score (nSPS) is 20.8. The lowest BCUT2D eigenvalue weighted by molar-refractivity contribution is -0.142. The molecule has 2 N–H and O–H groups in total. The number of likely N-dealkylation sites (tertiary alicyclic amines) is 1. The number of ketones is 2. The number of hydrogen-bond acceptors (Lipinski definition) is 7. The Labute approximate surface area is 280 Å². The minimum atomic E-state index is -1.01. The van der Waals surface area contributed by atoms with Crippen LogP contribution in [0.4, 0.5) is 0 Å². The van der Waals surface area contributed by atoms with Gasteiger partial charge in [-0.2, -0.15) is 0 Å². The molecular formula is C36H43ClN4O6. The Kier molecular flexibility index (Phi) is 10.8. The molecule has 47 heavy (non-hydrogen) atoms. The second-order valence-corrected chi connectivity index (χ2v) is 13.6. The van der Waals surface area contributed by atoms with Crippen molar-refractivity contribution >= 4 is 46.6 Å². The Morgan fingerprint density at radius 3 is 2.57 bits per heavy atom. The average molecular weight is 663 g/mol. The van der Waals surface area contributed by atoms with Gasteiger partial charge in [0.25, 0.3) is 5.91 Å². The summed E-state index contributed by atoms with van der Waals surface area (Å²) >= 11 is 6.21. The van der Waals surface area contributed by atoms with Gasteiger partial charge in [-0.15, -0.1) is 0 Å². The van der Waals surface area contributed by atoms with Gasteiger partial charge in [0.2, 0.25) is 17.6 Å². The number of Topliss-reactive ketones (excluding diaryl/α,β-unsaturated/α-hetero) is 2. The van der Waals surface area contributed by atoms with E-state index >= 15 is 0 Å². The topological polar surface area (TPSA) is 134 Å². The van der Waals surface area contributed by atoms with Crippen molar-refractivity contribution in [3.05, 3.63) is 69.7 Å². The van der Waals surface area contributed by atoms with E-state index in [1.54, 1.807) is 12.1 Å². The first kappa shape index (κ1) is 34.3. The molecule has 10 nitrogen and oxygen atoms in total. The number of nitrogens with one attached hydrogen (secondary N) is 2. The number of rotatable bonds is 14. The first-order valence-electron chi connectivity index (χ1n) is 16.5. The summed E-state index contributed by atoms with van der Waals surface area (Å²) in [7, 11) is 0. The minimum Gasteiger partial charge on any atom is -0.387 e. The third-order valence-electron chi connectivity index (χ3n) is 9.10. The molecule has 0 bridgehead atoms. The van der Waals surface area contributed by atoms with Gasteiger partial charge in [0.15, 0.2) is 5.60 Å². The standard InChI is InChI=1S/C36H43ClN4O6/c1-4-7-29(33(44)35(46)38-27-14-15-27)39-34(45)31-20-36(19-30(40-47-36)25-8-5-9-26(37)17-25)21-41(31)32(43)11-6-10-28(42)18-24-13-12-22(2)16-23(24)3/h5,8-9,12-13,16-17,27,29,31H,4,6-7,10-11,14-15,18-21H2,1-3H3,(H,38,46)(H,39,45)/t29-,31-,36+/m0/s1. The molecule has 2 fully saturated rings. The monoisotopic (exact) mass is 662 g/mol. The lowest BCUT2D eigenvalue weighted by Crippen LogP contribution is -2.53. The maximum Gasteiger partial charge on any atom is 0.289 e. The number of oxime groups is 1. The van der Waals surface area contributed by atoms with Crippen molar-refractivity contribution in [1.29, 1.82) is 0 Å². The van der Waals surface area contributed by atoms with E-state index < -0.39 is 35.3 Å². The SMILES string of the molecule is CCC[C@H](NC(=O)[C@@H]1C[C@]2(CC(c3cccc(Cl)c3)=NO2)CN1C(=O)CCCC(=O)Cc1ccc(C)cc1C)C(=O)C(=O)NC1CC1. The maximum atomic E-state index is 13.8. The van der Waals surface area contributed by atoms with Crippen molar-refractivity contribution in [3.8, 4) is 0 Å². The fourth-order valence-corrected chi connectivity index (χ4v) is 6.57. The first-order valence-corrected chi connectivity index (χ1v) is 16.9. The molecule has 1 saturated carbocycles. The van der Waals surface area contributed by atoms with E-state index in [0.717, 1.165) is 35.1 Å². The fraction of sp³-hybridized carbons (Fsp3) is 0.500. The molecule has 3 aliphatic rings. The predicted octanol–water partition coefficient (Wildman–Crippen LogP) is 4.54. The zero-order chi connectivity index (χ0) is 33.7. The second-order valence-electron chi connectivity index (χ2n) is 13.2. The Morgan fingerprint density at radius 1 is 1.09 bits per heavy atom. The molecule has 0 aromatic heterocycles. The zero-order valence-electron chi connectivity index (χ0n) is 27.3. The van der Waals surface area contributed by atoms with E-state index in [2.05, 4.69) is 15.8 Å². The molecule has 2 aliphatic heterocycles. The molecule has 5 rings (SSSR count). The number of nitrogens with zero attached hydrogens (tertiary/aromatic N) is 2. The van der Waals surface area contributed by atoms with Crippen LogP contribution in [0.25, 0.3) is 0 Å². The van der Waals surface area contributed by atoms with E-state index in [1.165, 1.54) is 4.90 Å². The van der Waals surface area contributed by atoms with Gasteiger partial charge in [-0.3, -0.25) is 24.0 Å². The van der Waals surface area contributed by atoms with Crippen LogP contribution in [-0.2, 0) is 35.2 Å². The molecule has 1 spiro atoms. The van der Waals surface area contributed by atoms with Crippen molar-refractivity contribution in [1.82, 2.24) is 15.5 Å². The Balaban J connectivity index is 1.27. The van der Waals surface area contributed by atoms with Gasteiger partial charge in [-0.25, -0.2) is 0 Å². The first-order chi connectivity index (χ1) is 22.5. The lowest BCUT2D eigenvalue weighted by atomic mass is 9.91. The summed E-state index contributed by atoms with van der Waals surface area (Å²) in [6.45, 7) is 5.98. The number of carbonyl (C=O) groups excluding carboxylic acids is 5.